The van der Waals surface area contributed by atoms with Crippen molar-refractivity contribution in [1.29, 1.82) is 0 Å². The Morgan fingerprint density at radius 2 is 1.39 bits per heavy atom. The molecule has 0 atom stereocenters. The predicted molar refractivity (Wildman–Crippen MR) is 122 cm³/mol. The summed E-state index contributed by atoms with van der Waals surface area (Å²) in [6.45, 7) is 0. The van der Waals surface area contributed by atoms with E-state index in [4.69, 9.17) is 14.1 Å². The second-order valence-corrected chi connectivity index (χ2v) is 7.37. The van der Waals surface area contributed by atoms with Crippen LogP contribution < -0.4 is 4.74 Å². The molecule has 6 aromatic rings. The Bertz CT molecular complexity index is 1500. The van der Waals surface area contributed by atoms with Gasteiger partial charge in [-0.05, 0) is 53.2 Å². The average molecular weight is 402 g/mol. The molecule has 0 aliphatic rings. The van der Waals surface area contributed by atoms with E-state index in [1.54, 1.807) is 6.26 Å². The first-order valence-corrected chi connectivity index (χ1v) is 10.1. The molecule has 2 heterocycles. The number of fused-ring (bicyclic) bond motifs is 2. The van der Waals surface area contributed by atoms with Crippen LogP contribution in [0.3, 0.4) is 0 Å². The van der Waals surface area contributed by atoms with Gasteiger partial charge < -0.3 is 9.15 Å². The Morgan fingerprint density at radius 1 is 0.677 bits per heavy atom. The normalized spacial score (nSPS) is 11.2. The minimum atomic E-state index is 0.572. The van der Waals surface area contributed by atoms with Crippen LogP contribution in [-0.2, 0) is 0 Å². The smallest absolute Gasteiger partial charge is 0.306 e. The lowest BCUT2D eigenvalue weighted by Gasteiger charge is -2.08. The van der Waals surface area contributed by atoms with Crippen molar-refractivity contribution in [3.8, 4) is 34.0 Å². The summed E-state index contributed by atoms with van der Waals surface area (Å²) in [5.41, 5.74) is 3.97. The SMILES string of the molecule is c1ccc(Oc2ccc(-c3c(-c4ccc5ccccc5c4)nc4occn34)cc2)cc1. The molecule has 6 rings (SSSR count). The number of ether oxygens (including phenoxy) is 1. The van der Waals surface area contributed by atoms with Crippen LogP contribution in [0.25, 0.3) is 39.1 Å². The van der Waals surface area contributed by atoms with E-state index < -0.39 is 0 Å². The number of hydrogen-bond acceptors (Lipinski definition) is 3. The lowest BCUT2D eigenvalue weighted by Crippen LogP contribution is -1.89. The Hall–Kier alpha value is -4.31. The molecule has 4 heteroatoms. The quantitative estimate of drug-likeness (QED) is 0.313. The predicted octanol–water partition coefficient (Wildman–Crippen LogP) is 7.21. The highest BCUT2D eigenvalue weighted by Gasteiger charge is 2.18. The van der Waals surface area contributed by atoms with Gasteiger partial charge in [0.1, 0.15) is 23.5 Å². The Morgan fingerprint density at radius 3 is 2.23 bits per heavy atom. The van der Waals surface area contributed by atoms with Gasteiger partial charge in [-0.3, -0.25) is 4.40 Å². The highest BCUT2D eigenvalue weighted by Crippen LogP contribution is 2.35. The van der Waals surface area contributed by atoms with Crippen LogP contribution in [0.2, 0.25) is 0 Å². The molecule has 0 fully saturated rings. The maximum absolute atomic E-state index is 5.95. The van der Waals surface area contributed by atoms with Gasteiger partial charge in [0.15, 0.2) is 0 Å². The molecule has 0 radical (unpaired) electrons. The van der Waals surface area contributed by atoms with E-state index >= 15 is 0 Å². The van der Waals surface area contributed by atoms with Gasteiger partial charge in [0.2, 0.25) is 0 Å². The molecule has 4 nitrogen and oxygen atoms in total. The van der Waals surface area contributed by atoms with Gasteiger partial charge in [-0.1, -0.05) is 54.6 Å². The third kappa shape index (κ3) is 3.15. The van der Waals surface area contributed by atoms with Crippen molar-refractivity contribution in [1.82, 2.24) is 9.38 Å². The molecule has 0 aliphatic carbocycles. The van der Waals surface area contributed by atoms with Crippen LogP contribution in [0.4, 0.5) is 0 Å². The van der Waals surface area contributed by atoms with Gasteiger partial charge in [-0.2, -0.15) is 4.98 Å². The minimum absolute atomic E-state index is 0.572. The molecule has 148 valence electrons. The summed E-state index contributed by atoms with van der Waals surface area (Å²) in [4.78, 5) is 4.78. The highest BCUT2D eigenvalue weighted by molar-refractivity contribution is 5.90. The number of imidazole rings is 1. The molecule has 0 spiro atoms. The van der Waals surface area contributed by atoms with Crippen molar-refractivity contribution in [3.05, 3.63) is 110 Å². The van der Waals surface area contributed by atoms with Crippen molar-refractivity contribution in [3.63, 3.8) is 0 Å². The van der Waals surface area contributed by atoms with Gasteiger partial charge in [0, 0.05) is 17.3 Å². The van der Waals surface area contributed by atoms with Crippen LogP contribution in [-0.4, -0.2) is 9.38 Å². The third-order valence-electron chi connectivity index (χ3n) is 5.39. The van der Waals surface area contributed by atoms with E-state index in [1.165, 1.54) is 10.8 Å². The fraction of sp³-hybridized carbons (Fsp3) is 0. The van der Waals surface area contributed by atoms with Crippen LogP contribution in [0, 0.1) is 0 Å². The molecular formula is C27H18N2O2. The van der Waals surface area contributed by atoms with Crippen LogP contribution in [0.15, 0.2) is 114 Å². The maximum atomic E-state index is 5.95. The van der Waals surface area contributed by atoms with Crippen molar-refractivity contribution in [2.75, 3.05) is 0 Å². The molecule has 0 saturated carbocycles. The molecular weight excluding hydrogens is 384 g/mol. The lowest BCUT2D eigenvalue weighted by molar-refractivity contribution is 0.483. The summed E-state index contributed by atoms with van der Waals surface area (Å²) in [7, 11) is 0. The molecule has 4 aromatic carbocycles. The highest BCUT2D eigenvalue weighted by atomic mass is 16.5. The third-order valence-corrected chi connectivity index (χ3v) is 5.39. The van der Waals surface area contributed by atoms with Gasteiger partial charge in [0.05, 0.1) is 5.69 Å². The fourth-order valence-electron chi connectivity index (χ4n) is 3.90. The minimum Gasteiger partial charge on any atom is -0.457 e. The van der Waals surface area contributed by atoms with Crippen molar-refractivity contribution in [2.24, 2.45) is 0 Å². The molecule has 2 aromatic heterocycles. The van der Waals surface area contributed by atoms with Gasteiger partial charge in [-0.15, -0.1) is 0 Å². The number of rotatable bonds is 4. The Kier molecular flexibility index (Phi) is 4.06. The molecule has 31 heavy (non-hydrogen) atoms. The van der Waals surface area contributed by atoms with Gasteiger partial charge >= 0.3 is 5.84 Å². The van der Waals surface area contributed by atoms with Crippen molar-refractivity contribution in [2.45, 2.75) is 0 Å². The second-order valence-electron chi connectivity index (χ2n) is 7.37. The summed E-state index contributed by atoms with van der Waals surface area (Å²) in [5.74, 6) is 2.17. The van der Waals surface area contributed by atoms with Crippen LogP contribution in [0.5, 0.6) is 11.5 Å². The number of nitrogens with zero attached hydrogens (tertiary/aromatic N) is 2. The van der Waals surface area contributed by atoms with Crippen molar-refractivity contribution >= 4 is 16.6 Å². The first kappa shape index (κ1) is 17.5. The molecule has 0 unspecified atom stereocenters. The summed E-state index contributed by atoms with van der Waals surface area (Å²) < 4.78 is 13.5. The average Bonchev–Trinajstić information content (AvgIpc) is 3.42. The molecule has 0 amide bonds. The van der Waals surface area contributed by atoms with E-state index in [2.05, 4.69) is 54.6 Å². The van der Waals surface area contributed by atoms with E-state index in [-0.39, 0.29) is 0 Å². The molecule has 0 N–H and O–H groups in total. The number of para-hydroxylation sites is 1. The van der Waals surface area contributed by atoms with E-state index in [0.717, 1.165) is 34.0 Å². The van der Waals surface area contributed by atoms with E-state index in [1.807, 2.05) is 53.1 Å². The molecule has 0 bridgehead atoms. The first-order valence-electron chi connectivity index (χ1n) is 10.1. The first-order chi connectivity index (χ1) is 15.3. The number of benzene rings is 4. The Labute approximate surface area is 179 Å². The van der Waals surface area contributed by atoms with Gasteiger partial charge in [-0.25, -0.2) is 0 Å². The number of oxazole rings is 1. The van der Waals surface area contributed by atoms with E-state index in [9.17, 15) is 0 Å². The van der Waals surface area contributed by atoms with Crippen LogP contribution in [0.1, 0.15) is 0 Å². The zero-order valence-electron chi connectivity index (χ0n) is 16.6. The fourth-order valence-corrected chi connectivity index (χ4v) is 3.90. The van der Waals surface area contributed by atoms with Gasteiger partial charge in [0.25, 0.3) is 0 Å². The topological polar surface area (TPSA) is 39.7 Å². The molecule has 0 saturated heterocycles. The monoisotopic (exact) mass is 402 g/mol. The maximum Gasteiger partial charge on any atom is 0.306 e. The summed E-state index contributed by atoms with van der Waals surface area (Å²) >= 11 is 0. The zero-order valence-corrected chi connectivity index (χ0v) is 16.6. The summed E-state index contributed by atoms with van der Waals surface area (Å²) in [6.07, 6.45) is 3.56. The largest absolute Gasteiger partial charge is 0.457 e. The standard InChI is InChI=1S/C27H18N2O2/c1-2-8-23(9-3-1)31-24-14-12-20(13-15-24)26-25(28-27-29(26)16-17-30-27)22-11-10-19-6-4-5-7-21(19)18-22/h1-18H. The summed E-state index contributed by atoms with van der Waals surface area (Å²) in [5, 5.41) is 2.39. The zero-order chi connectivity index (χ0) is 20.6. The second kappa shape index (κ2) is 7.18. The molecule has 0 aliphatic heterocycles. The lowest BCUT2D eigenvalue weighted by atomic mass is 10.0. The van der Waals surface area contributed by atoms with Crippen molar-refractivity contribution < 1.29 is 9.15 Å². The van der Waals surface area contributed by atoms with Crippen LogP contribution >= 0.6 is 0 Å². The Balaban J connectivity index is 1.44. The number of aromatic nitrogens is 2. The summed E-state index contributed by atoms with van der Waals surface area (Å²) in [6, 6.07) is 32.6. The van der Waals surface area contributed by atoms with E-state index in [0.29, 0.717) is 5.84 Å². The number of hydrogen-bond donors (Lipinski definition) is 0.